The van der Waals surface area contributed by atoms with E-state index >= 15 is 0 Å². The highest BCUT2D eigenvalue weighted by atomic mass is 15.0. The Bertz CT molecular complexity index is 1040. The van der Waals surface area contributed by atoms with Crippen molar-refractivity contribution in [3.63, 3.8) is 0 Å². The summed E-state index contributed by atoms with van der Waals surface area (Å²) in [4.78, 5) is 0. The molecule has 1 N–H and O–H groups in total. The van der Waals surface area contributed by atoms with Crippen molar-refractivity contribution in [2.75, 3.05) is 5.32 Å². The second-order valence-electron chi connectivity index (χ2n) is 6.93. The summed E-state index contributed by atoms with van der Waals surface area (Å²) in [5, 5.41) is 15.9. The fourth-order valence-corrected chi connectivity index (χ4v) is 4.54. The Morgan fingerprint density at radius 1 is 0.920 bits per heavy atom. The van der Waals surface area contributed by atoms with Crippen molar-refractivity contribution in [1.29, 1.82) is 5.26 Å². The summed E-state index contributed by atoms with van der Waals surface area (Å²) in [5.74, 6) is 0.876. The van der Waals surface area contributed by atoms with Crippen molar-refractivity contribution in [3.8, 4) is 6.07 Å². The highest BCUT2D eigenvalue weighted by molar-refractivity contribution is 5.87. The van der Waals surface area contributed by atoms with Crippen LogP contribution in [0.3, 0.4) is 0 Å². The van der Waals surface area contributed by atoms with E-state index in [0.717, 1.165) is 17.7 Å². The molecule has 0 saturated heterocycles. The summed E-state index contributed by atoms with van der Waals surface area (Å²) in [5.41, 5.74) is 4.33. The fourth-order valence-electron chi connectivity index (χ4n) is 4.54. The molecule has 0 radical (unpaired) electrons. The van der Waals surface area contributed by atoms with Gasteiger partial charge in [0.25, 0.3) is 0 Å². The van der Waals surface area contributed by atoms with Crippen molar-refractivity contribution in [2.45, 2.75) is 18.4 Å². The van der Waals surface area contributed by atoms with Gasteiger partial charge in [0.15, 0.2) is 0 Å². The molecule has 3 atom stereocenters. The van der Waals surface area contributed by atoms with Gasteiger partial charge < -0.3 is 5.32 Å². The lowest BCUT2D eigenvalue weighted by Crippen LogP contribution is -2.29. The first kappa shape index (κ1) is 14.3. The maximum Gasteiger partial charge on any atom is 0.101 e. The smallest absolute Gasteiger partial charge is 0.101 e. The molecule has 1 aliphatic carbocycles. The standard InChI is InChI=1S/C23H18N2/c24-14-16-8-4-12-20-18-10-5-13-21(18)23(25-22(16)20)19-11-3-7-15-6-1-2-9-17(15)19/h1-12,18,21,23,25H,13H2. The van der Waals surface area contributed by atoms with Crippen LogP contribution in [0.5, 0.6) is 0 Å². The van der Waals surface area contributed by atoms with Crippen LogP contribution in [0.1, 0.15) is 35.1 Å². The van der Waals surface area contributed by atoms with Crippen molar-refractivity contribution in [1.82, 2.24) is 0 Å². The van der Waals surface area contributed by atoms with Crippen LogP contribution >= 0.6 is 0 Å². The zero-order chi connectivity index (χ0) is 16.8. The molecule has 1 heterocycles. The van der Waals surface area contributed by atoms with Gasteiger partial charge in [-0.25, -0.2) is 0 Å². The molecule has 0 spiro atoms. The van der Waals surface area contributed by atoms with Crippen LogP contribution in [0.4, 0.5) is 5.69 Å². The Balaban J connectivity index is 1.71. The summed E-state index contributed by atoms with van der Waals surface area (Å²) >= 11 is 0. The number of nitrogens with one attached hydrogen (secondary N) is 1. The monoisotopic (exact) mass is 322 g/mol. The molecule has 0 amide bonds. The molecular weight excluding hydrogens is 304 g/mol. The van der Waals surface area contributed by atoms with E-state index in [1.807, 2.05) is 12.1 Å². The molecule has 2 heteroatoms. The second-order valence-corrected chi connectivity index (χ2v) is 6.93. The molecule has 25 heavy (non-hydrogen) atoms. The molecule has 5 rings (SSSR count). The third-order valence-electron chi connectivity index (χ3n) is 5.68. The molecule has 2 nitrogen and oxygen atoms in total. The van der Waals surface area contributed by atoms with Gasteiger partial charge in [-0.05, 0) is 40.3 Å². The summed E-state index contributed by atoms with van der Waals surface area (Å²) < 4.78 is 0. The number of fused-ring (bicyclic) bond motifs is 4. The van der Waals surface area contributed by atoms with Crippen LogP contribution in [-0.4, -0.2) is 0 Å². The molecule has 3 aromatic carbocycles. The molecule has 1 aliphatic heterocycles. The zero-order valence-electron chi connectivity index (χ0n) is 13.8. The second kappa shape index (κ2) is 5.50. The van der Waals surface area contributed by atoms with Crippen LogP contribution in [0.25, 0.3) is 10.8 Å². The van der Waals surface area contributed by atoms with Gasteiger partial charge in [0.2, 0.25) is 0 Å². The van der Waals surface area contributed by atoms with Crippen LogP contribution < -0.4 is 5.32 Å². The number of nitrogens with zero attached hydrogens (tertiary/aromatic N) is 1. The predicted octanol–water partition coefficient (Wildman–Crippen LogP) is 5.54. The number of allylic oxidation sites excluding steroid dienone is 2. The van der Waals surface area contributed by atoms with Crippen molar-refractivity contribution in [3.05, 3.63) is 89.5 Å². The van der Waals surface area contributed by atoms with Crippen molar-refractivity contribution < 1.29 is 0 Å². The normalized spacial score (nSPS) is 23.6. The maximum atomic E-state index is 9.55. The number of hydrogen-bond donors (Lipinski definition) is 1. The van der Waals surface area contributed by atoms with Gasteiger partial charge >= 0.3 is 0 Å². The number of para-hydroxylation sites is 1. The molecule has 2 aliphatic rings. The number of anilines is 1. The van der Waals surface area contributed by atoms with Crippen LogP contribution in [0, 0.1) is 17.2 Å². The van der Waals surface area contributed by atoms with Gasteiger partial charge in [-0.15, -0.1) is 0 Å². The van der Waals surface area contributed by atoms with Gasteiger partial charge in [0.1, 0.15) is 6.07 Å². The SMILES string of the molecule is N#Cc1cccc2c1NC(c1cccc3ccccc13)C1CC=CC21. The maximum absolute atomic E-state index is 9.55. The molecule has 0 fully saturated rings. The van der Waals surface area contributed by atoms with Crippen LogP contribution in [0.15, 0.2) is 72.8 Å². The molecule has 120 valence electrons. The molecule has 3 unspecified atom stereocenters. The first-order valence-electron chi connectivity index (χ1n) is 8.80. The first-order chi connectivity index (χ1) is 12.4. The van der Waals surface area contributed by atoms with Gasteiger partial charge in [0.05, 0.1) is 17.3 Å². The lowest BCUT2D eigenvalue weighted by molar-refractivity contribution is 0.427. The third-order valence-corrected chi connectivity index (χ3v) is 5.68. The van der Waals surface area contributed by atoms with E-state index in [-0.39, 0.29) is 6.04 Å². The van der Waals surface area contributed by atoms with Crippen molar-refractivity contribution >= 4 is 16.5 Å². The van der Waals surface area contributed by atoms with E-state index in [2.05, 4.69) is 72.1 Å². The summed E-state index contributed by atoms with van der Waals surface area (Å²) in [6.07, 6.45) is 5.69. The van der Waals surface area contributed by atoms with Gasteiger partial charge in [-0.2, -0.15) is 5.26 Å². The van der Waals surface area contributed by atoms with E-state index in [9.17, 15) is 5.26 Å². The van der Waals surface area contributed by atoms with E-state index in [1.54, 1.807) is 0 Å². The van der Waals surface area contributed by atoms with Gasteiger partial charge in [-0.3, -0.25) is 0 Å². The minimum atomic E-state index is 0.216. The van der Waals surface area contributed by atoms with Gasteiger partial charge in [-0.1, -0.05) is 66.7 Å². The van der Waals surface area contributed by atoms with E-state index < -0.39 is 0 Å². The van der Waals surface area contributed by atoms with Crippen LogP contribution in [-0.2, 0) is 0 Å². The molecule has 0 aromatic heterocycles. The topological polar surface area (TPSA) is 35.8 Å². The van der Waals surface area contributed by atoms with Gasteiger partial charge in [0, 0.05) is 5.92 Å². The average molecular weight is 322 g/mol. The fraction of sp³-hybridized carbons (Fsp3) is 0.174. The van der Waals surface area contributed by atoms with E-state index in [0.29, 0.717) is 11.8 Å². The van der Waals surface area contributed by atoms with E-state index in [4.69, 9.17) is 0 Å². The van der Waals surface area contributed by atoms with Crippen molar-refractivity contribution in [2.24, 2.45) is 5.92 Å². The summed E-state index contributed by atoms with van der Waals surface area (Å²) in [6, 6.07) is 23.7. The predicted molar refractivity (Wildman–Crippen MR) is 101 cm³/mol. The number of hydrogen-bond acceptors (Lipinski definition) is 2. The first-order valence-corrected chi connectivity index (χ1v) is 8.80. The molecular formula is C23H18N2. The quantitative estimate of drug-likeness (QED) is 0.597. The lowest BCUT2D eigenvalue weighted by Gasteiger charge is -2.38. The minimum absolute atomic E-state index is 0.216. The highest BCUT2D eigenvalue weighted by Gasteiger charge is 2.39. The Hall–Kier alpha value is -3.05. The summed E-state index contributed by atoms with van der Waals surface area (Å²) in [7, 11) is 0. The third kappa shape index (κ3) is 2.09. The average Bonchev–Trinajstić information content (AvgIpc) is 3.16. The Labute approximate surface area is 147 Å². The highest BCUT2D eigenvalue weighted by Crippen LogP contribution is 2.51. The minimum Gasteiger partial charge on any atom is -0.377 e. The van der Waals surface area contributed by atoms with E-state index in [1.165, 1.54) is 21.9 Å². The largest absolute Gasteiger partial charge is 0.377 e. The number of nitriles is 1. The Morgan fingerprint density at radius 3 is 2.64 bits per heavy atom. The zero-order valence-corrected chi connectivity index (χ0v) is 13.8. The Morgan fingerprint density at radius 2 is 1.72 bits per heavy atom. The Kier molecular flexibility index (Phi) is 3.15. The number of benzene rings is 3. The molecule has 3 aromatic rings. The number of rotatable bonds is 1. The van der Waals surface area contributed by atoms with Crippen LogP contribution in [0.2, 0.25) is 0 Å². The molecule has 0 bridgehead atoms. The summed E-state index contributed by atoms with van der Waals surface area (Å²) in [6.45, 7) is 0. The molecule has 0 saturated carbocycles. The lowest BCUT2D eigenvalue weighted by atomic mass is 9.75.